The fourth-order valence-electron chi connectivity index (χ4n) is 3.29. The first-order valence-corrected chi connectivity index (χ1v) is 10.7. The summed E-state index contributed by atoms with van der Waals surface area (Å²) in [6.07, 6.45) is 0.743. The molecule has 1 heterocycles. The zero-order valence-corrected chi connectivity index (χ0v) is 18.1. The molecular formula is C23H26N4O2S. The average molecular weight is 423 g/mol. The lowest BCUT2D eigenvalue weighted by Crippen LogP contribution is -2.48. The smallest absolute Gasteiger partial charge is 0.242 e. The molecule has 0 spiro atoms. The topological polar surface area (TPSA) is 74.3 Å². The summed E-state index contributed by atoms with van der Waals surface area (Å²) in [6.45, 7) is 4.23. The minimum absolute atomic E-state index is 0.0137. The first kappa shape index (κ1) is 21.5. The van der Waals surface area contributed by atoms with Crippen molar-refractivity contribution in [1.29, 1.82) is 0 Å². The number of anilines is 2. The van der Waals surface area contributed by atoms with E-state index in [0.717, 1.165) is 34.0 Å². The molecule has 0 aliphatic carbocycles. The lowest BCUT2D eigenvalue weighted by molar-refractivity contribution is -0.134. The molecule has 6 nitrogen and oxygen atoms in total. The number of carbonyl (C=O) groups excluding carboxylic acids is 2. The van der Waals surface area contributed by atoms with Crippen LogP contribution in [0.1, 0.15) is 19.4 Å². The van der Waals surface area contributed by atoms with E-state index in [9.17, 15) is 9.59 Å². The molecule has 0 fully saturated rings. The molecule has 2 aromatic carbocycles. The number of aromatic nitrogens is 1. The van der Waals surface area contributed by atoms with Crippen LogP contribution < -0.4 is 10.6 Å². The van der Waals surface area contributed by atoms with Crippen LogP contribution in [0.15, 0.2) is 60.0 Å². The normalized spacial score (nSPS) is 11.7. The molecule has 3 rings (SSSR count). The van der Waals surface area contributed by atoms with Gasteiger partial charge in [0.2, 0.25) is 12.3 Å². The molecule has 2 N–H and O–H groups in total. The van der Waals surface area contributed by atoms with Crippen LogP contribution in [0.4, 0.5) is 10.8 Å². The Kier molecular flexibility index (Phi) is 7.19. The van der Waals surface area contributed by atoms with Gasteiger partial charge in [0.05, 0.1) is 5.69 Å². The molecule has 0 bridgehead atoms. The summed E-state index contributed by atoms with van der Waals surface area (Å²) in [5.41, 5.74) is 3.89. The minimum atomic E-state index is -0.503. The van der Waals surface area contributed by atoms with Gasteiger partial charge in [-0.2, -0.15) is 0 Å². The van der Waals surface area contributed by atoms with E-state index in [1.54, 1.807) is 23.3 Å². The minimum Gasteiger partial charge on any atom is -0.357 e. The number of nitrogens with zero attached hydrogens (tertiary/aromatic N) is 2. The van der Waals surface area contributed by atoms with Gasteiger partial charge in [-0.3, -0.25) is 9.59 Å². The van der Waals surface area contributed by atoms with E-state index < -0.39 is 6.04 Å². The second-order valence-corrected chi connectivity index (χ2v) is 8.16. The Morgan fingerprint density at radius 3 is 2.43 bits per heavy atom. The van der Waals surface area contributed by atoms with Gasteiger partial charge in [0.25, 0.3) is 0 Å². The number of benzene rings is 2. The fourth-order valence-corrected chi connectivity index (χ4v) is 4.03. The molecule has 0 unspecified atom stereocenters. The van der Waals surface area contributed by atoms with Crippen molar-refractivity contribution in [2.24, 2.45) is 5.92 Å². The molecule has 0 saturated carbocycles. The van der Waals surface area contributed by atoms with Crippen LogP contribution in [-0.4, -0.2) is 35.3 Å². The predicted molar refractivity (Wildman–Crippen MR) is 122 cm³/mol. The van der Waals surface area contributed by atoms with E-state index in [-0.39, 0.29) is 11.8 Å². The Morgan fingerprint density at radius 1 is 1.13 bits per heavy atom. The van der Waals surface area contributed by atoms with Crippen LogP contribution in [0.5, 0.6) is 0 Å². The molecule has 156 valence electrons. The molecule has 2 amide bonds. The van der Waals surface area contributed by atoms with Crippen molar-refractivity contribution >= 4 is 34.5 Å². The van der Waals surface area contributed by atoms with E-state index in [0.29, 0.717) is 6.54 Å². The van der Waals surface area contributed by atoms with Crippen LogP contribution >= 0.6 is 11.3 Å². The standard InChI is InChI=1S/C23H26N4O2S/c1-16(2)21(22(29)24-3)27(15-28)13-17-9-11-19(12-10-17)25-23-26-20(14-30-23)18-7-5-4-6-8-18/h4-12,14-16,21H,13H2,1-3H3,(H,24,29)(H,25,26)/t21-/m0/s1. The molecule has 1 aromatic heterocycles. The maximum Gasteiger partial charge on any atom is 0.242 e. The molecule has 1 atom stereocenters. The summed E-state index contributed by atoms with van der Waals surface area (Å²) in [6, 6.07) is 17.4. The van der Waals surface area contributed by atoms with Crippen LogP contribution in [0.2, 0.25) is 0 Å². The zero-order valence-electron chi connectivity index (χ0n) is 17.3. The van der Waals surface area contributed by atoms with E-state index in [4.69, 9.17) is 0 Å². The van der Waals surface area contributed by atoms with E-state index in [1.165, 1.54) is 0 Å². The number of nitrogens with one attached hydrogen (secondary N) is 2. The molecule has 0 aliphatic rings. The van der Waals surface area contributed by atoms with Gasteiger partial charge < -0.3 is 15.5 Å². The summed E-state index contributed by atoms with van der Waals surface area (Å²) in [7, 11) is 1.59. The van der Waals surface area contributed by atoms with Gasteiger partial charge >= 0.3 is 0 Å². The lowest BCUT2D eigenvalue weighted by atomic mass is 10.0. The largest absolute Gasteiger partial charge is 0.357 e. The quantitative estimate of drug-likeness (QED) is 0.505. The molecule has 0 aliphatic heterocycles. The first-order chi connectivity index (χ1) is 14.5. The number of hydrogen-bond acceptors (Lipinski definition) is 5. The first-order valence-electron chi connectivity index (χ1n) is 9.81. The Bertz CT molecular complexity index is 970. The van der Waals surface area contributed by atoms with E-state index in [1.807, 2.05) is 73.8 Å². The van der Waals surface area contributed by atoms with Gasteiger partial charge in [-0.05, 0) is 23.6 Å². The maximum atomic E-state index is 12.2. The highest BCUT2D eigenvalue weighted by atomic mass is 32.1. The summed E-state index contributed by atoms with van der Waals surface area (Å²) in [5, 5.41) is 8.80. The molecule has 3 aromatic rings. The van der Waals surface area contributed by atoms with Crippen molar-refractivity contribution < 1.29 is 9.59 Å². The van der Waals surface area contributed by atoms with Crippen molar-refractivity contribution in [3.05, 3.63) is 65.5 Å². The Morgan fingerprint density at radius 2 is 1.83 bits per heavy atom. The Hall–Kier alpha value is -3.19. The van der Waals surface area contributed by atoms with Crippen molar-refractivity contribution in [2.45, 2.75) is 26.4 Å². The predicted octanol–water partition coefficient (Wildman–Crippen LogP) is 4.28. The fraction of sp³-hybridized carbons (Fsp3) is 0.261. The molecule has 0 radical (unpaired) electrons. The zero-order chi connectivity index (χ0) is 21.5. The third kappa shape index (κ3) is 5.24. The monoisotopic (exact) mass is 422 g/mol. The number of hydrogen-bond donors (Lipinski definition) is 2. The van der Waals surface area contributed by atoms with Gasteiger partial charge in [0.15, 0.2) is 5.13 Å². The maximum absolute atomic E-state index is 12.2. The molecule has 0 saturated heterocycles. The summed E-state index contributed by atoms with van der Waals surface area (Å²) < 4.78 is 0. The van der Waals surface area contributed by atoms with Crippen LogP contribution in [0.3, 0.4) is 0 Å². The highest BCUT2D eigenvalue weighted by Crippen LogP contribution is 2.27. The summed E-state index contributed by atoms with van der Waals surface area (Å²) in [4.78, 5) is 30.0. The van der Waals surface area contributed by atoms with Crippen molar-refractivity contribution in [3.8, 4) is 11.3 Å². The summed E-state index contributed by atoms with van der Waals surface area (Å²) in [5.74, 6) is -0.145. The molecular weight excluding hydrogens is 396 g/mol. The lowest BCUT2D eigenvalue weighted by Gasteiger charge is -2.30. The molecule has 7 heteroatoms. The Balaban J connectivity index is 1.67. The second kappa shape index (κ2) is 10.0. The van der Waals surface area contributed by atoms with Gasteiger partial charge in [0, 0.05) is 30.2 Å². The highest BCUT2D eigenvalue weighted by molar-refractivity contribution is 7.14. The Labute approximate surface area is 181 Å². The van der Waals surface area contributed by atoms with Gasteiger partial charge in [-0.1, -0.05) is 56.3 Å². The van der Waals surface area contributed by atoms with Crippen molar-refractivity contribution in [2.75, 3.05) is 12.4 Å². The van der Waals surface area contributed by atoms with Gasteiger partial charge in [-0.15, -0.1) is 11.3 Å². The number of rotatable bonds is 9. The number of amides is 2. The third-order valence-electron chi connectivity index (χ3n) is 4.78. The second-order valence-electron chi connectivity index (χ2n) is 7.31. The highest BCUT2D eigenvalue weighted by Gasteiger charge is 2.27. The van der Waals surface area contributed by atoms with Crippen LogP contribution in [0.25, 0.3) is 11.3 Å². The third-order valence-corrected chi connectivity index (χ3v) is 5.54. The van der Waals surface area contributed by atoms with Gasteiger partial charge in [-0.25, -0.2) is 4.98 Å². The average Bonchev–Trinajstić information content (AvgIpc) is 3.23. The number of likely N-dealkylation sites (N-methyl/N-ethyl adjacent to an activating group) is 1. The van der Waals surface area contributed by atoms with Crippen LogP contribution in [0, 0.1) is 5.92 Å². The number of carbonyl (C=O) groups is 2. The SMILES string of the molecule is CNC(=O)[C@H](C(C)C)N(C=O)Cc1ccc(Nc2nc(-c3ccccc3)cs2)cc1. The number of thiazole rings is 1. The van der Waals surface area contributed by atoms with Crippen molar-refractivity contribution in [3.63, 3.8) is 0 Å². The summed E-state index contributed by atoms with van der Waals surface area (Å²) >= 11 is 1.55. The van der Waals surface area contributed by atoms with E-state index >= 15 is 0 Å². The van der Waals surface area contributed by atoms with Gasteiger partial charge in [0.1, 0.15) is 6.04 Å². The van der Waals surface area contributed by atoms with Crippen LogP contribution in [-0.2, 0) is 16.1 Å². The van der Waals surface area contributed by atoms with E-state index in [2.05, 4.69) is 15.6 Å². The van der Waals surface area contributed by atoms with Crippen molar-refractivity contribution in [1.82, 2.24) is 15.2 Å². The molecule has 30 heavy (non-hydrogen) atoms.